The molecule has 1 fully saturated rings. The third-order valence-corrected chi connectivity index (χ3v) is 5.24. The standard InChI is InChI=1S/C16H21N3OS.C2HF3O2/c1-12-17-18-16(21-12)19-9-8-15(20-2)14(11-19)10-13-6-4-3-5-7-13;3-2(4,5)1(6)7/h3-7,14-15H,8-11H2,1-2H3;(H,6,7)/t14-,15+;/m0./s1. The van der Waals surface area contributed by atoms with E-state index in [4.69, 9.17) is 14.6 Å². The molecule has 10 heteroatoms. The summed E-state index contributed by atoms with van der Waals surface area (Å²) in [7, 11) is 1.83. The monoisotopic (exact) mass is 417 g/mol. The zero-order chi connectivity index (χ0) is 20.7. The summed E-state index contributed by atoms with van der Waals surface area (Å²) >= 11 is 1.67. The van der Waals surface area contributed by atoms with Crippen LogP contribution in [0.25, 0.3) is 0 Å². The number of anilines is 1. The van der Waals surface area contributed by atoms with Gasteiger partial charge in [-0.05, 0) is 25.3 Å². The zero-order valence-corrected chi connectivity index (χ0v) is 16.3. The Labute approximate surface area is 165 Å². The Morgan fingerprint density at radius 3 is 2.46 bits per heavy atom. The number of halogens is 3. The van der Waals surface area contributed by atoms with Crippen LogP contribution in [0.2, 0.25) is 0 Å². The van der Waals surface area contributed by atoms with Gasteiger partial charge in [0, 0.05) is 26.1 Å². The Morgan fingerprint density at radius 1 is 1.32 bits per heavy atom. The van der Waals surface area contributed by atoms with E-state index < -0.39 is 12.1 Å². The zero-order valence-electron chi connectivity index (χ0n) is 15.5. The van der Waals surface area contributed by atoms with Gasteiger partial charge in [0.2, 0.25) is 5.13 Å². The van der Waals surface area contributed by atoms with Crippen LogP contribution in [0.5, 0.6) is 0 Å². The van der Waals surface area contributed by atoms with Gasteiger partial charge in [-0.2, -0.15) is 13.2 Å². The van der Waals surface area contributed by atoms with E-state index in [2.05, 4.69) is 45.4 Å². The van der Waals surface area contributed by atoms with Crippen LogP contribution in [-0.4, -0.2) is 53.8 Å². The largest absolute Gasteiger partial charge is 0.490 e. The molecule has 0 amide bonds. The molecule has 1 aliphatic heterocycles. The highest BCUT2D eigenvalue weighted by Gasteiger charge is 2.38. The fourth-order valence-corrected chi connectivity index (χ4v) is 3.74. The van der Waals surface area contributed by atoms with Gasteiger partial charge in [0.05, 0.1) is 6.10 Å². The number of benzene rings is 1. The Hall–Kier alpha value is -2.20. The Kier molecular flexibility index (Phi) is 7.76. The van der Waals surface area contributed by atoms with Crippen molar-refractivity contribution in [1.29, 1.82) is 0 Å². The van der Waals surface area contributed by atoms with Crippen molar-refractivity contribution in [3.8, 4) is 0 Å². The van der Waals surface area contributed by atoms with Crippen LogP contribution in [0.1, 0.15) is 17.0 Å². The average molecular weight is 417 g/mol. The van der Waals surface area contributed by atoms with E-state index in [0.29, 0.717) is 12.0 Å². The van der Waals surface area contributed by atoms with Gasteiger partial charge in [-0.3, -0.25) is 0 Å². The summed E-state index contributed by atoms with van der Waals surface area (Å²) in [4.78, 5) is 11.3. The van der Waals surface area contributed by atoms with Crippen LogP contribution in [-0.2, 0) is 16.0 Å². The molecule has 0 aliphatic carbocycles. The minimum absolute atomic E-state index is 0.329. The van der Waals surface area contributed by atoms with Crippen molar-refractivity contribution in [1.82, 2.24) is 10.2 Å². The van der Waals surface area contributed by atoms with Gasteiger partial charge in [-0.1, -0.05) is 41.7 Å². The number of aliphatic carboxylic acids is 1. The van der Waals surface area contributed by atoms with Gasteiger partial charge in [-0.15, -0.1) is 10.2 Å². The molecule has 2 atom stereocenters. The molecule has 0 bridgehead atoms. The number of carboxylic acids is 1. The molecule has 28 heavy (non-hydrogen) atoms. The summed E-state index contributed by atoms with van der Waals surface area (Å²) in [6, 6.07) is 10.7. The van der Waals surface area contributed by atoms with Crippen molar-refractivity contribution in [2.24, 2.45) is 5.92 Å². The number of rotatable bonds is 4. The fourth-order valence-electron chi connectivity index (χ4n) is 3.02. The highest BCUT2D eigenvalue weighted by atomic mass is 32.1. The molecule has 1 N–H and O–H groups in total. The SMILES string of the molecule is CO[C@@H]1CCN(c2nnc(C)s2)C[C@@H]1Cc1ccccc1.O=C(O)C(F)(F)F. The maximum atomic E-state index is 10.6. The Balaban J connectivity index is 0.000000345. The van der Waals surface area contributed by atoms with E-state index in [1.165, 1.54) is 5.56 Å². The molecular formula is C18H22F3N3O3S. The molecule has 2 aromatic rings. The maximum absolute atomic E-state index is 10.6. The molecular weight excluding hydrogens is 395 g/mol. The second-order valence-electron chi connectivity index (χ2n) is 6.37. The molecule has 154 valence electrons. The summed E-state index contributed by atoms with van der Waals surface area (Å²) in [5.74, 6) is -2.26. The summed E-state index contributed by atoms with van der Waals surface area (Å²) in [5.41, 5.74) is 1.37. The second kappa shape index (κ2) is 9.83. The van der Waals surface area contributed by atoms with E-state index in [1.54, 1.807) is 11.3 Å². The van der Waals surface area contributed by atoms with E-state index in [9.17, 15) is 13.2 Å². The predicted octanol–water partition coefficient (Wildman–Crippen LogP) is 3.56. The first-order valence-electron chi connectivity index (χ1n) is 8.62. The summed E-state index contributed by atoms with van der Waals surface area (Å²) in [5, 5.41) is 17.6. The van der Waals surface area contributed by atoms with Crippen molar-refractivity contribution in [3.05, 3.63) is 40.9 Å². The highest BCUT2D eigenvalue weighted by molar-refractivity contribution is 7.15. The lowest BCUT2D eigenvalue weighted by molar-refractivity contribution is -0.192. The summed E-state index contributed by atoms with van der Waals surface area (Å²) in [6.07, 6.45) is -2.66. The van der Waals surface area contributed by atoms with Gasteiger partial charge in [0.25, 0.3) is 0 Å². The first-order chi connectivity index (χ1) is 13.2. The number of hydrogen-bond acceptors (Lipinski definition) is 6. The first kappa shape index (κ1) is 22.1. The van der Waals surface area contributed by atoms with Gasteiger partial charge in [0.15, 0.2) is 0 Å². The van der Waals surface area contributed by atoms with Crippen molar-refractivity contribution >= 4 is 22.4 Å². The molecule has 0 spiro atoms. The van der Waals surface area contributed by atoms with Gasteiger partial charge in [0.1, 0.15) is 5.01 Å². The second-order valence-corrected chi connectivity index (χ2v) is 7.53. The Morgan fingerprint density at radius 2 is 1.96 bits per heavy atom. The molecule has 1 saturated heterocycles. The first-order valence-corrected chi connectivity index (χ1v) is 9.44. The van der Waals surface area contributed by atoms with E-state index in [-0.39, 0.29) is 0 Å². The summed E-state index contributed by atoms with van der Waals surface area (Å²) in [6.45, 7) is 3.99. The predicted molar refractivity (Wildman–Crippen MR) is 99.6 cm³/mol. The minimum Gasteiger partial charge on any atom is -0.475 e. The molecule has 1 aromatic carbocycles. The van der Waals surface area contributed by atoms with Crippen LogP contribution in [0.3, 0.4) is 0 Å². The topological polar surface area (TPSA) is 75.5 Å². The molecule has 3 rings (SSSR count). The van der Waals surface area contributed by atoms with Crippen molar-refractivity contribution in [3.63, 3.8) is 0 Å². The minimum atomic E-state index is -5.08. The summed E-state index contributed by atoms with van der Waals surface area (Å²) < 4.78 is 37.4. The number of alkyl halides is 3. The number of ether oxygens (including phenoxy) is 1. The maximum Gasteiger partial charge on any atom is 0.490 e. The number of hydrogen-bond donors (Lipinski definition) is 1. The number of nitrogens with zero attached hydrogens (tertiary/aromatic N) is 3. The fraction of sp³-hybridized carbons (Fsp3) is 0.500. The van der Waals surface area contributed by atoms with Gasteiger partial charge >= 0.3 is 12.1 Å². The quantitative estimate of drug-likeness (QED) is 0.820. The van der Waals surface area contributed by atoms with Crippen LogP contribution in [0.15, 0.2) is 30.3 Å². The Bertz CT molecular complexity index is 755. The third-order valence-electron chi connectivity index (χ3n) is 4.34. The number of methoxy groups -OCH3 is 1. The lowest BCUT2D eigenvalue weighted by Gasteiger charge is -2.37. The third kappa shape index (κ3) is 6.45. The average Bonchev–Trinajstić information content (AvgIpc) is 3.09. The van der Waals surface area contributed by atoms with Crippen molar-refractivity contribution in [2.45, 2.75) is 32.0 Å². The number of carboxylic acid groups (broad SMARTS) is 1. The molecule has 0 saturated carbocycles. The van der Waals surface area contributed by atoms with Crippen LogP contribution in [0.4, 0.5) is 18.3 Å². The van der Waals surface area contributed by atoms with Crippen LogP contribution in [0, 0.1) is 12.8 Å². The number of piperidine rings is 1. The molecule has 6 nitrogen and oxygen atoms in total. The number of aryl methyl sites for hydroxylation is 1. The number of aromatic nitrogens is 2. The molecule has 0 unspecified atom stereocenters. The van der Waals surface area contributed by atoms with Crippen LogP contribution >= 0.6 is 11.3 Å². The lowest BCUT2D eigenvalue weighted by atomic mass is 9.89. The smallest absolute Gasteiger partial charge is 0.475 e. The van der Waals surface area contributed by atoms with Gasteiger partial charge in [-0.25, -0.2) is 4.79 Å². The molecule has 1 aromatic heterocycles. The van der Waals surface area contributed by atoms with Crippen LogP contribution < -0.4 is 4.90 Å². The van der Waals surface area contributed by atoms with Gasteiger partial charge < -0.3 is 14.7 Å². The van der Waals surface area contributed by atoms with E-state index in [0.717, 1.165) is 36.1 Å². The lowest BCUT2D eigenvalue weighted by Crippen LogP contribution is -2.45. The molecule has 0 radical (unpaired) electrons. The van der Waals surface area contributed by atoms with Crippen molar-refractivity contribution in [2.75, 3.05) is 25.1 Å². The van der Waals surface area contributed by atoms with E-state index >= 15 is 0 Å². The van der Waals surface area contributed by atoms with Crippen molar-refractivity contribution < 1.29 is 27.8 Å². The molecule has 2 heterocycles. The van der Waals surface area contributed by atoms with E-state index in [1.807, 2.05) is 14.0 Å². The molecule has 1 aliphatic rings. The highest BCUT2D eigenvalue weighted by Crippen LogP contribution is 2.29. The normalized spacial score (nSPS) is 19.7. The number of carbonyl (C=O) groups is 1.